The smallest absolute Gasteiger partial charge is 0.337 e. The summed E-state index contributed by atoms with van der Waals surface area (Å²) in [6.07, 6.45) is 3.39. The van der Waals surface area contributed by atoms with Crippen molar-refractivity contribution in [3.63, 3.8) is 0 Å². The van der Waals surface area contributed by atoms with E-state index in [4.69, 9.17) is 4.74 Å². The van der Waals surface area contributed by atoms with E-state index in [0.717, 1.165) is 37.8 Å². The van der Waals surface area contributed by atoms with Crippen LogP contribution < -0.4 is 0 Å². The molecule has 2 aliphatic rings. The normalized spacial score (nSPS) is 21.7. The van der Waals surface area contributed by atoms with E-state index in [1.165, 1.54) is 18.2 Å². The molecule has 4 nitrogen and oxygen atoms in total. The summed E-state index contributed by atoms with van der Waals surface area (Å²) in [5, 5.41) is 0. The van der Waals surface area contributed by atoms with Gasteiger partial charge in [-0.3, -0.25) is 4.79 Å². The van der Waals surface area contributed by atoms with Gasteiger partial charge in [0, 0.05) is 13.1 Å². The van der Waals surface area contributed by atoms with Gasteiger partial charge in [0.2, 0.25) is 5.91 Å². The Morgan fingerprint density at radius 1 is 1.12 bits per heavy atom. The first-order chi connectivity index (χ1) is 12.6. The number of nitrogens with zero attached hydrogens (tertiary/aromatic N) is 1. The number of hydrogen-bond donors (Lipinski definition) is 0. The number of benzene rings is 2. The second-order valence-corrected chi connectivity index (χ2v) is 7.39. The van der Waals surface area contributed by atoms with Gasteiger partial charge in [-0.25, -0.2) is 4.79 Å². The molecule has 0 aromatic heterocycles. The third kappa shape index (κ3) is 2.90. The highest BCUT2D eigenvalue weighted by atomic mass is 16.5. The molecule has 1 heterocycles. The molecule has 1 spiro atoms. The van der Waals surface area contributed by atoms with Gasteiger partial charge in [0.1, 0.15) is 0 Å². The summed E-state index contributed by atoms with van der Waals surface area (Å²) in [4.78, 5) is 27.0. The zero-order valence-corrected chi connectivity index (χ0v) is 15.0. The molecule has 4 rings (SSSR count). The maximum absolute atomic E-state index is 13.2. The molecule has 1 fully saturated rings. The Morgan fingerprint density at radius 2 is 1.92 bits per heavy atom. The second-order valence-electron chi connectivity index (χ2n) is 7.39. The maximum atomic E-state index is 13.2. The van der Waals surface area contributed by atoms with Crippen LogP contribution in [0.25, 0.3) is 0 Å². The van der Waals surface area contributed by atoms with Crippen LogP contribution in [0.3, 0.4) is 0 Å². The molecule has 2 aromatic carbocycles. The molecule has 0 radical (unpaired) electrons. The lowest BCUT2D eigenvalue weighted by molar-refractivity contribution is -0.137. The fourth-order valence-corrected chi connectivity index (χ4v) is 4.35. The quantitative estimate of drug-likeness (QED) is 0.798. The minimum absolute atomic E-state index is 0.260. The summed E-state index contributed by atoms with van der Waals surface area (Å²) in [7, 11) is 1.39. The number of hydrogen-bond acceptors (Lipinski definition) is 3. The standard InChI is InChI=1S/C22H23NO3/c1-26-20(24)18-8-7-17-9-10-22(14-19(17)13-18)11-12-23(21(22)25)15-16-5-3-2-4-6-16/h2-8,13H,9-12,14-15H2,1H3/t22-/m1/s1. The van der Waals surface area contributed by atoms with Crippen molar-refractivity contribution in [2.75, 3.05) is 13.7 Å². The van der Waals surface area contributed by atoms with Crippen LogP contribution in [0.15, 0.2) is 48.5 Å². The monoisotopic (exact) mass is 349 g/mol. The van der Waals surface area contributed by atoms with Crippen molar-refractivity contribution in [1.29, 1.82) is 0 Å². The molecule has 1 aliphatic heterocycles. The van der Waals surface area contributed by atoms with Crippen LogP contribution in [0.2, 0.25) is 0 Å². The predicted molar refractivity (Wildman–Crippen MR) is 98.7 cm³/mol. The first-order valence-electron chi connectivity index (χ1n) is 9.15. The van der Waals surface area contributed by atoms with Crippen molar-refractivity contribution in [1.82, 2.24) is 4.90 Å². The van der Waals surface area contributed by atoms with Crippen molar-refractivity contribution in [2.45, 2.75) is 32.2 Å². The summed E-state index contributed by atoms with van der Waals surface area (Å²) in [5.41, 5.74) is 3.79. The molecular weight excluding hydrogens is 326 g/mol. The number of amides is 1. The van der Waals surface area contributed by atoms with Crippen LogP contribution in [-0.2, 0) is 28.9 Å². The zero-order valence-electron chi connectivity index (χ0n) is 15.0. The van der Waals surface area contributed by atoms with Crippen molar-refractivity contribution in [3.05, 3.63) is 70.8 Å². The zero-order chi connectivity index (χ0) is 18.1. The molecule has 1 atom stereocenters. The van der Waals surface area contributed by atoms with E-state index in [-0.39, 0.29) is 17.3 Å². The van der Waals surface area contributed by atoms with E-state index in [1.807, 2.05) is 41.3 Å². The first-order valence-corrected chi connectivity index (χ1v) is 9.15. The third-order valence-corrected chi connectivity index (χ3v) is 5.85. The second kappa shape index (κ2) is 6.60. The summed E-state index contributed by atoms with van der Waals surface area (Å²) < 4.78 is 4.83. The van der Waals surface area contributed by atoms with E-state index in [9.17, 15) is 9.59 Å². The fourth-order valence-electron chi connectivity index (χ4n) is 4.35. The van der Waals surface area contributed by atoms with E-state index in [2.05, 4.69) is 12.1 Å². The van der Waals surface area contributed by atoms with Gasteiger partial charge in [-0.2, -0.15) is 0 Å². The highest BCUT2D eigenvalue weighted by Crippen LogP contribution is 2.44. The number of ether oxygens (including phenoxy) is 1. The Bertz CT molecular complexity index is 846. The molecule has 1 aliphatic carbocycles. The van der Waals surface area contributed by atoms with Crippen LogP contribution in [0.5, 0.6) is 0 Å². The topological polar surface area (TPSA) is 46.6 Å². The van der Waals surface area contributed by atoms with Crippen molar-refractivity contribution in [3.8, 4) is 0 Å². The molecule has 0 unspecified atom stereocenters. The van der Waals surface area contributed by atoms with E-state index >= 15 is 0 Å². The van der Waals surface area contributed by atoms with E-state index in [1.54, 1.807) is 0 Å². The van der Waals surface area contributed by atoms with Crippen LogP contribution in [0.4, 0.5) is 0 Å². The van der Waals surface area contributed by atoms with Crippen molar-refractivity contribution >= 4 is 11.9 Å². The minimum atomic E-state index is -0.323. The van der Waals surface area contributed by atoms with Gasteiger partial charge >= 0.3 is 5.97 Å². The fraction of sp³-hybridized carbons (Fsp3) is 0.364. The maximum Gasteiger partial charge on any atom is 0.337 e. The van der Waals surface area contributed by atoms with Gasteiger partial charge in [-0.1, -0.05) is 36.4 Å². The highest BCUT2D eigenvalue weighted by molar-refractivity contribution is 5.90. The molecule has 0 bridgehead atoms. The number of fused-ring (bicyclic) bond motifs is 1. The molecule has 2 aromatic rings. The molecule has 1 saturated heterocycles. The number of methoxy groups -OCH3 is 1. The van der Waals surface area contributed by atoms with Gasteiger partial charge < -0.3 is 9.64 Å². The molecule has 1 amide bonds. The highest BCUT2D eigenvalue weighted by Gasteiger charge is 2.47. The number of aryl methyl sites for hydroxylation is 1. The molecule has 134 valence electrons. The largest absolute Gasteiger partial charge is 0.465 e. The lowest BCUT2D eigenvalue weighted by Crippen LogP contribution is -2.38. The van der Waals surface area contributed by atoms with Gasteiger partial charge in [-0.05, 0) is 54.5 Å². The van der Waals surface area contributed by atoms with Crippen LogP contribution in [0.1, 0.15) is 39.9 Å². The average Bonchev–Trinajstić information content (AvgIpc) is 2.97. The Hall–Kier alpha value is -2.62. The Labute approximate surface area is 153 Å². The summed E-state index contributed by atoms with van der Waals surface area (Å²) in [6.45, 7) is 1.48. The van der Waals surface area contributed by atoms with Crippen LogP contribution in [0, 0.1) is 5.41 Å². The number of esters is 1. The third-order valence-electron chi connectivity index (χ3n) is 5.85. The van der Waals surface area contributed by atoms with Gasteiger partial charge in [0.15, 0.2) is 0 Å². The molecule has 0 saturated carbocycles. The molecular formula is C22H23NO3. The van der Waals surface area contributed by atoms with Crippen LogP contribution >= 0.6 is 0 Å². The summed E-state index contributed by atoms with van der Waals surface area (Å²) >= 11 is 0. The van der Waals surface area contributed by atoms with Gasteiger partial charge in [0.25, 0.3) is 0 Å². The number of carbonyl (C=O) groups is 2. The number of carbonyl (C=O) groups excluding carboxylic acids is 2. The van der Waals surface area contributed by atoms with E-state index in [0.29, 0.717) is 12.1 Å². The Kier molecular flexibility index (Phi) is 4.27. The van der Waals surface area contributed by atoms with Crippen molar-refractivity contribution in [2.24, 2.45) is 5.41 Å². The molecule has 0 N–H and O–H groups in total. The van der Waals surface area contributed by atoms with Crippen LogP contribution in [-0.4, -0.2) is 30.4 Å². The van der Waals surface area contributed by atoms with Gasteiger partial charge in [0.05, 0.1) is 18.1 Å². The van der Waals surface area contributed by atoms with Gasteiger partial charge in [-0.15, -0.1) is 0 Å². The Balaban J connectivity index is 1.55. The number of rotatable bonds is 3. The molecule has 26 heavy (non-hydrogen) atoms. The summed E-state index contributed by atoms with van der Waals surface area (Å²) in [5.74, 6) is -0.0636. The lowest BCUT2D eigenvalue weighted by atomic mass is 9.70. The molecule has 4 heteroatoms. The summed E-state index contributed by atoms with van der Waals surface area (Å²) in [6, 6.07) is 15.9. The van der Waals surface area contributed by atoms with E-state index < -0.39 is 0 Å². The minimum Gasteiger partial charge on any atom is -0.465 e. The lowest BCUT2D eigenvalue weighted by Gasteiger charge is -2.33. The Morgan fingerprint density at radius 3 is 2.69 bits per heavy atom. The number of likely N-dealkylation sites (tertiary alicyclic amines) is 1. The predicted octanol–water partition coefficient (Wildman–Crippen LogP) is 3.38. The average molecular weight is 349 g/mol. The first kappa shape index (κ1) is 16.8. The SMILES string of the molecule is COC(=O)c1ccc2c(c1)C[C@@]1(CC2)CCN(Cc2ccccc2)C1=O. The van der Waals surface area contributed by atoms with Crippen molar-refractivity contribution < 1.29 is 14.3 Å².